The number of H-pyrrole nitrogens is 1. The first-order chi connectivity index (χ1) is 12.1. The van der Waals surface area contributed by atoms with E-state index >= 15 is 0 Å². The van der Waals surface area contributed by atoms with Gasteiger partial charge < -0.3 is 9.88 Å². The molecule has 0 spiro atoms. The first-order valence-corrected chi connectivity index (χ1v) is 9.44. The van der Waals surface area contributed by atoms with Crippen LogP contribution < -0.4 is 0 Å². The highest BCUT2D eigenvalue weighted by Gasteiger charge is 2.36. The fourth-order valence-corrected chi connectivity index (χ4v) is 4.53. The molecule has 1 aliphatic heterocycles. The fourth-order valence-electron chi connectivity index (χ4n) is 4.53. The summed E-state index contributed by atoms with van der Waals surface area (Å²) in [6, 6.07) is 6.84. The van der Waals surface area contributed by atoms with Crippen molar-refractivity contribution in [1.29, 1.82) is 0 Å². The molecular formula is C21H27N3O. The zero-order chi connectivity index (χ0) is 17.6. The van der Waals surface area contributed by atoms with Crippen molar-refractivity contribution in [2.75, 3.05) is 26.7 Å². The average molecular weight is 337 g/mol. The highest BCUT2D eigenvalue weighted by atomic mass is 16.2. The predicted octanol–water partition coefficient (Wildman–Crippen LogP) is 3.30. The highest BCUT2D eigenvalue weighted by molar-refractivity contribution is 5.99. The minimum absolute atomic E-state index is 0.0431. The number of hydrogen-bond donors (Lipinski definition) is 1. The van der Waals surface area contributed by atoms with Gasteiger partial charge in [-0.15, -0.1) is 0 Å². The lowest BCUT2D eigenvalue weighted by Crippen LogP contribution is -2.47. The Balaban J connectivity index is 1.76. The Morgan fingerprint density at radius 1 is 1.36 bits per heavy atom. The van der Waals surface area contributed by atoms with Crippen LogP contribution in [-0.4, -0.2) is 53.4 Å². The van der Waals surface area contributed by atoms with E-state index in [0.29, 0.717) is 6.04 Å². The van der Waals surface area contributed by atoms with Gasteiger partial charge in [-0.3, -0.25) is 9.69 Å². The summed E-state index contributed by atoms with van der Waals surface area (Å²) in [5.74, 6) is 0.229. The highest BCUT2D eigenvalue weighted by Crippen LogP contribution is 2.40. The zero-order valence-electron chi connectivity index (χ0n) is 15.4. The Labute approximate surface area is 149 Å². The summed E-state index contributed by atoms with van der Waals surface area (Å²) in [4.78, 5) is 20.8. The minimum atomic E-state index is -0.0431. The van der Waals surface area contributed by atoms with Crippen molar-refractivity contribution < 1.29 is 4.79 Å². The third-order valence-corrected chi connectivity index (χ3v) is 5.77. The van der Waals surface area contributed by atoms with E-state index in [1.807, 2.05) is 4.90 Å². The molecule has 1 aromatic carbocycles. The van der Waals surface area contributed by atoms with Crippen LogP contribution in [-0.2, 0) is 11.2 Å². The molecule has 0 bridgehead atoms. The normalized spacial score (nSPS) is 22.6. The Morgan fingerprint density at radius 2 is 2.20 bits per heavy atom. The maximum absolute atomic E-state index is 13.0. The third-order valence-electron chi connectivity index (χ3n) is 5.77. The molecule has 2 unspecified atom stereocenters. The van der Waals surface area contributed by atoms with Crippen molar-refractivity contribution in [1.82, 2.24) is 14.8 Å². The van der Waals surface area contributed by atoms with Crippen molar-refractivity contribution in [3.05, 3.63) is 41.6 Å². The topological polar surface area (TPSA) is 39.3 Å². The van der Waals surface area contributed by atoms with Gasteiger partial charge in [0.25, 0.3) is 0 Å². The van der Waals surface area contributed by atoms with Crippen LogP contribution in [0.3, 0.4) is 0 Å². The van der Waals surface area contributed by atoms with Crippen LogP contribution in [0.2, 0.25) is 0 Å². The summed E-state index contributed by atoms with van der Waals surface area (Å²) in [7, 11) is 2.16. The third kappa shape index (κ3) is 2.60. The van der Waals surface area contributed by atoms with E-state index in [9.17, 15) is 4.79 Å². The van der Waals surface area contributed by atoms with E-state index in [4.69, 9.17) is 0 Å². The molecule has 2 atom stereocenters. The number of benzene rings is 1. The van der Waals surface area contributed by atoms with Crippen molar-refractivity contribution in [3.8, 4) is 0 Å². The summed E-state index contributed by atoms with van der Waals surface area (Å²) in [6.45, 7) is 6.65. The Bertz CT molecular complexity index is 835. The van der Waals surface area contributed by atoms with Gasteiger partial charge >= 0.3 is 0 Å². The van der Waals surface area contributed by atoms with Crippen LogP contribution in [0.4, 0.5) is 0 Å². The second-order valence-electron chi connectivity index (χ2n) is 7.35. The Morgan fingerprint density at radius 3 is 2.96 bits per heavy atom. The lowest BCUT2D eigenvalue weighted by atomic mass is 9.79. The molecule has 25 heavy (non-hydrogen) atoms. The number of rotatable bonds is 4. The van der Waals surface area contributed by atoms with E-state index in [0.717, 1.165) is 32.5 Å². The van der Waals surface area contributed by atoms with Crippen molar-refractivity contribution in [2.24, 2.45) is 5.92 Å². The molecule has 1 aromatic heterocycles. The lowest BCUT2D eigenvalue weighted by molar-refractivity contribution is -0.134. The predicted molar refractivity (Wildman–Crippen MR) is 102 cm³/mol. The van der Waals surface area contributed by atoms with E-state index < -0.39 is 0 Å². The number of aromatic amines is 1. The van der Waals surface area contributed by atoms with Gasteiger partial charge in [0.2, 0.25) is 5.91 Å². The van der Waals surface area contributed by atoms with E-state index in [-0.39, 0.29) is 11.8 Å². The molecule has 0 radical (unpaired) electrons. The van der Waals surface area contributed by atoms with E-state index in [1.165, 1.54) is 27.6 Å². The van der Waals surface area contributed by atoms with Gasteiger partial charge in [-0.2, -0.15) is 0 Å². The fraction of sp³-hybridized carbons (Fsp3) is 0.476. The second-order valence-corrected chi connectivity index (χ2v) is 7.35. The van der Waals surface area contributed by atoms with Crippen molar-refractivity contribution >= 4 is 22.4 Å². The number of fused-ring (bicyclic) bond motifs is 2. The van der Waals surface area contributed by atoms with Crippen LogP contribution in [0.1, 0.15) is 31.4 Å². The van der Waals surface area contributed by atoms with Gasteiger partial charge in [-0.05, 0) is 49.6 Å². The second kappa shape index (κ2) is 6.34. The monoisotopic (exact) mass is 337 g/mol. The summed E-state index contributed by atoms with van der Waals surface area (Å²) < 4.78 is 0. The summed E-state index contributed by atoms with van der Waals surface area (Å²) in [6.07, 6.45) is 6.44. The maximum atomic E-state index is 13.0. The van der Waals surface area contributed by atoms with Gasteiger partial charge in [0.05, 0.1) is 5.92 Å². The SMILES string of the molecule is CCCN(CC)C(=O)C1C=C2c3cccc4[nH]cc(c34)CC2N(C)C1. The zero-order valence-corrected chi connectivity index (χ0v) is 15.4. The van der Waals surface area contributed by atoms with Gasteiger partial charge in [0.15, 0.2) is 0 Å². The molecule has 1 N–H and O–H groups in total. The number of likely N-dealkylation sites (N-methyl/N-ethyl adjacent to an activating group) is 1. The molecule has 132 valence electrons. The quantitative estimate of drug-likeness (QED) is 0.930. The van der Waals surface area contributed by atoms with Crippen LogP contribution in [0.5, 0.6) is 0 Å². The molecule has 2 heterocycles. The number of carbonyl (C=O) groups excluding carboxylic acids is 1. The molecule has 1 amide bonds. The number of aromatic nitrogens is 1. The number of carbonyl (C=O) groups is 1. The molecule has 4 rings (SSSR count). The average Bonchev–Trinajstić information content (AvgIpc) is 3.04. The van der Waals surface area contributed by atoms with Crippen LogP contribution >= 0.6 is 0 Å². The van der Waals surface area contributed by atoms with Crippen LogP contribution in [0.15, 0.2) is 30.5 Å². The summed E-state index contributed by atoms with van der Waals surface area (Å²) >= 11 is 0. The lowest BCUT2D eigenvalue weighted by Gasteiger charge is -2.40. The maximum Gasteiger partial charge on any atom is 0.230 e. The van der Waals surface area contributed by atoms with Crippen LogP contribution in [0, 0.1) is 5.92 Å². The molecule has 1 aliphatic carbocycles. The molecule has 2 aliphatic rings. The smallest absolute Gasteiger partial charge is 0.230 e. The Hall–Kier alpha value is -2.07. The summed E-state index contributed by atoms with van der Waals surface area (Å²) in [5.41, 5.74) is 5.22. The first-order valence-electron chi connectivity index (χ1n) is 9.44. The molecule has 0 fully saturated rings. The minimum Gasteiger partial charge on any atom is -0.361 e. The van der Waals surface area contributed by atoms with Crippen molar-refractivity contribution in [3.63, 3.8) is 0 Å². The number of amides is 1. The molecule has 0 saturated carbocycles. The molecular weight excluding hydrogens is 310 g/mol. The standard InChI is InChI=1S/C21H27N3O/c1-4-9-24(5-2)21(25)15-10-17-16-7-6-8-18-20(16)14(12-22-18)11-19(17)23(3)13-15/h6-8,10,12,15,19,22H,4-5,9,11,13H2,1-3H3. The van der Waals surface area contributed by atoms with Crippen molar-refractivity contribution in [2.45, 2.75) is 32.7 Å². The summed E-state index contributed by atoms with van der Waals surface area (Å²) in [5, 5.41) is 1.34. The molecule has 4 nitrogen and oxygen atoms in total. The van der Waals surface area contributed by atoms with Gasteiger partial charge in [-0.1, -0.05) is 25.1 Å². The van der Waals surface area contributed by atoms with E-state index in [1.54, 1.807) is 0 Å². The molecule has 2 aromatic rings. The van der Waals surface area contributed by atoms with Gasteiger partial charge in [-0.25, -0.2) is 0 Å². The molecule has 0 saturated heterocycles. The number of nitrogens with zero attached hydrogens (tertiary/aromatic N) is 2. The first kappa shape index (κ1) is 16.4. The Kier molecular flexibility index (Phi) is 4.16. The van der Waals surface area contributed by atoms with Gasteiger partial charge in [0, 0.05) is 42.8 Å². The van der Waals surface area contributed by atoms with Crippen LogP contribution in [0.25, 0.3) is 16.5 Å². The largest absolute Gasteiger partial charge is 0.361 e. The number of nitrogens with one attached hydrogen (secondary N) is 1. The molecule has 4 heteroatoms. The van der Waals surface area contributed by atoms with Gasteiger partial charge in [0.1, 0.15) is 0 Å². The van der Waals surface area contributed by atoms with E-state index in [2.05, 4.69) is 61.3 Å². The number of hydrogen-bond acceptors (Lipinski definition) is 2.